The van der Waals surface area contributed by atoms with Crippen LogP contribution in [0.3, 0.4) is 0 Å². The number of hydrogen-bond donors (Lipinski definition) is 1. The lowest BCUT2D eigenvalue weighted by atomic mass is 10.2. The highest BCUT2D eigenvalue weighted by molar-refractivity contribution is 7.89. The number of hydrogen-bond acceptors (Lipinski definition) is 9. The second-order valence-corrected chi connectivity index (χ2v) is 10.7. The molecule has 0 saturated carbocycles. The van der Waals surface area contributed by atoms with Gasteiger partial charge in [0.25, 0.3) is 11.8 Å². The van der Waals surface area contributed by atoms with Gasteiger partial charge in [-0.05, 0) is 32.9 Å². The summed E-state index contributed by atoms with van der Waals surface area (Å²) in [4.78, 5) is 58.1. The van der Waals surface area contributed by atoms with E-state index in [0.717, 1.165) is 4.90 Å². The van der Waals surface area contributed by atoms with E-state index in [1.807, 2.05) is 0 Å². The molecule has 1 aliphatic rings. The Morgan fingerprint density at radius 1 is 1.11 bits per heavy atom. The van der Waals surface area contributed by atoms with Crippen LogP contribution < -0.4 is 4.72 Å². The Morgan fingerprint density at radius 3 is 2.47 bits per heavy atom. The molecule has 2 aromatic rings. The molecule has 0 spiro atoms. The minimum absolute atomic E-state index is 0.0382. The highest BCUT2D eigenvalue weighted by Crippen LogP contribution is 2.21. The molecule has 1 aromatic heterocycles. The van der Waals surface area contributed by atoms with E-state index in [2.05, 4.69) is 9.71 Å². The molecule has 1 fully saturated rings. The van der Waals surface area contributed by atoms with E-state index in [4.69, 9.17) is 9.57 Å². The molecule has 194 valence electrons. The summed E-state index contributed by atoms with van der Waals surface area (Å²) in [5, 5.41) is 1.58. The maximum Gasteiger partial charge on any atom is 0.410 e. The van der Waals surface area contributed by atoms with E-state index in [-0.39, 0.29) is 43.8 Å². The number of nitrogens with zero attached hydrogens (tertiary/aromatic N) is 3. The topological polar surface area (TPSA) is 152 Å². The molecule has 1 saturated heterocycles. The number of carbonyl (C=O) groups is 4. The van der Waals surface area contributed by atoms with Crippen LogP contribution in [-0.4, -0.2) is 72.5 Å². The number of benzene rings is 1. The van der Waals surface area contributed by atoms with Crippen molar-refractivity contribution in [2.75, 3.05) is 19.6 Å². The average molecular weight is 521 g/mol. The summed E-state index contributed by atoms with van der Waals surface area (Å²) < 4.78 is 33.7. The molecule has 0 unspecified atom stereocenters. The molecule has 0 aliphatic carbocycles. The highest BCUT2D eigenvalue weighted by Gasteiger charge is 2.33. The Morgan fingerprint density at radius 2 is 1.81 bits per heavy atom. The van der Waals surface area contributed by atoms with Crippen LogP contribution in [0.4, 0.5) is 4.79 Å². The van der Waals surface area contributed by atoms with Gasteiger partial charge >= 0.3 is 12.1 Å². The zero-order valence-electron chi connectivity index (χ0n) is 20.2. The predicted molar refractivity (Wildman–Crippen MR) is 127 cm³/mol. The van der Waals surface area contributed by atoms with Gasteiger partial charge in [0.15, 0.2) is 0 Å². The zero-order valence-corrected chi connectivity index (χ0v) is 21.0. The van der Waals surface area contributed by atoms with Crippen molar-refractivity contribution in [3.63, 3.8) is 0 Å². The van der Waals surface area contributed by atoms with Crippen molar-refractivity contribution in [1.82, 2.24) is 19.7 Å². The first-order valence-corrected chi connectivity index (χ1v) is 12.7. The zero-order chi connectivity index (χ0) is 26.5. The number of aromatic nitrogens is 1. The molecule has 0 atom stereocenters. The SMILES string of the molecule is CC(C)(C)OC(=O)N(CCNS(=O)(=O)c1cccc2cnccc12)CCC(=O)ON1C(=O)CCC1=O. The molecule has 3 amide bonds. The minimum Gasteiger partial charge on any atom is -0.444 e. The number of carbonyl (C=O) groups excluding carboxylic acids is 4. The summed E-state index contributed by atoms with van der Waals surface area (Å²) in [5.41, 5.74) is -0.833. The molecule has 3 rings (SSSR count). The van der Waals surface area contributed by atoms with Gasteiger partial charge in [0.05, 0.1) is 11.3 Å². The van der Waals surface area contributed by atoms with Gasteiger partial charge in [-0.3, -0.25) is 14.6 Å². The van der Waals surface area contributed by atoms with Crippen molar-refractivity contribution in [3.05, 3.63) is 36.7 Å². The molecular weight excluding hydrogens is 492 g/mol. The van der Waals surface area contributed by atoms with Gasteiger partial charge in [-0.2, -0.15) is 0 Å². The molecule has 2 heterocycles. The van der Waals surface area contributed by atoms with Crippen LogP contribution in [-0.2, 0) is 34.0 Å². The standard InChI is InChI=1S/C23H28N4O8S/c1-23(2,3)34-22(31)26(13-10-21(30)35-27-19(28)7-8-20(27)29)14-12-25-36(32,33)18-6-4-5-16-15-24-11-9-17(16)18/h4-6,9,11,15,25H,7-8,10,12-14H2,1-3H3. The Bertz CT molecular complexity index is 1250. The lowest BCUT2D eigenvalue weighted by Gasteiger charge is -2.27. The van der Waals surface area contributed by atoms with Gasteiger partial charge < -0.3 is 14.5 Å². The van der Waals surface area contributed by atoms with E-state index >= 15 is 0 Å². The summed E-state index contributed by atoms with van der Waals surface area (Å²) in [6.45, 7) is 4.53. The maximum absolute atomic E-state index is 12.9. The summed E-state index contributed by atoms with van der Waals surface area (Å²) in [5.74, 6) is -2.12. The Kier molecular flexibility index (Phi) is 8.25. The van der Waals surface area contributed by atoms with Crippen molar-refractivity contribution in [2.24, 2.45) is 0 Å². The van der Waals surface area contributed by atoms with Gasteiger partial charge in [-0.15, -0.1) is 5.06 Å². The largest absolute Gasteiger partial charge is 0.444 e. The second kappa shape index (κ2) is 11.0. The van der Waals surface area contributed by atoms with Gasteiger partial charge in [-0.1, -0.05) is 12.1 Å². The number of imide groups is 1. The molecule has 0 radical (unpaired) electrons. The maximum atomic E-state index is 12.9. The third-order valence-corrected chi connectivity index (χ3v) is 6.56. The molecule has 0 bridgehead atoms. The monoisotopic (exact) mass is 520 g/mol. The second-order valence-electron chi connectivity index (χ2n) is 9.01. The number of sulfonamides is 1. The highest BCUT2D eigenvalue weighted by atomic mass is 32.2. The Balaban J connectivity index is 1.65. The normalized spacial score (nSPS) is 14.2. The average Bonchev–Trinajstić information content (AvgIpc) is 3.11. The number of hydroxylamine groups is 2. The summed E-state index contributed by atoms with van der Waals surface area (Å²) >= 11 is 0. The first-order valence-electron chi connectivity index (χ1n) is 11.2. The smallest absolute Gasteiger partial charge is 0.410 e. The van der Waals surface area contributed by atoms with Gasteiger partial charge in [-0.25, -0.2) is 22.7 Å². The van der Waals surface area contributed by atoms with Crippen molar-refractivity contribution in [2.45, 2.75) is 50.5 Å². The van der Waals surface area contributed by atoms with Crippen LogP contribution in [0.5, 0.6) is 0 Å². The van der Waals surface area contributed by atoms with E-state index in [9.17, 15) is 27.6 Å². The molecule has 1 aromatic carbocycles. The fourth-order valence-electron chi connectivity index (χ4n) is 3.37. The third-order valence-electron chi connectivity index (χ3n) is 5.04. The first kappa shape index (κ1) is 27.0. The Hall–Kier alpha value is -3.58. The molecule has 1 aliphatic heterocycles. The van der Waals surface area contributed by atoms with Crippen molar-refractivity contribution >= 4 is 44.7 Å². The van der Waals surface area contributed by atoms with E-state index in [1.54, 1.807) is 45.2 Å². The molecular formula is C23H28N4O8S. The van der Waals surface area contributed by atoms with Crippen molar-refractivity contribution in [3.8, 4) is 0 Å². The van der Waals surface area contributed by atoms with Crippen LogP contribution >= 0.6 is 0 Å². The van der Waals surface area contributed by atoms with Crippen molar-refractivity contribution in [1.29, 1.82) is 0 Å². The fraction of sp³-hybridized carbons (Fsp3) is 0.435. The quantitative estimate of drug-likeness (QED) is 0.487. The predicted octanol–water partition coefficient (Wildman–Crippen LogP) is 1.75. The summed E-state index contributed by atoms with van der Waals surface area (Å²) in [6.07, 6.45) is 1.86. The van der Waals surface area contributed by atoms with E-state index in [0.29, 0.717) is 15.8 Å². The fourth-order valence-corrected chi connectivity index (χ4v) is 4.62. The van der Waals surface area contributed by atoms with Crippen LogP contribution in [0.25, 0.3) is 10.8 Å². The molecule has 1 N–H and O–H groups in total. The number of ether oxygens (including phenoxy) is 1. The van der Waals surface area contributed by atoms with Crippen LogP contribution in [0.1, 0.15) is 40.0 Å². The summed E-state index contributed by atoms with van der Waals surface area (Å²) in [7, 11) is -3.93. The van der Waals surface area contributed by atoms with Crippen LogP contribution in [0.2, 0.25) is 0 Å². The third kappa shape index (κ3) is 6.98. The van der Waals surface area contributed by atoms with Gasteiger partial charge in [0.1, 0.15) is 5.60 Å². The number of fused-ring (bicyclic) bond motifs is 1. The number of rotatable bonds is 9. The first-order chi connectivity index (χ1) is 16.9. The van der Waals surface area contributed by atoms with Crippen molar-refractivity contribution < 1.29 is 37.2 Å². The molecule has 13 heteroatoms. The number of pyridine rings is 1. The lowest BCUT2D eigenvalue weighted by Crippen LogP contribution is -2.43. The molecule has 36 heavy (non-hydrogen) atoms. The number of amides is 3. The van der Waals surface area contributed by atoms with E-state index in [1.165, 1.54) is 12.3 Å². The summed E-state index contributed by atoms with van der Waals surface area (Å²) in [6, 6.07) is 6.41. The van der Waals surface area contributed by atoms with Gasteiger partial charge in [0, 0.05) is 55.6 Å². The molecule has 12 nitrogen and oxygen atoms in total. The Labute approximate surface area is 208 Å². The lowest BCUT2D eigenvalue weighted by molar-refractivity contribution is -0.197. The number of nitrogens with one attached hydrogen (secondary N) is 1. The van der Waals surface area contributed by atoms with Crippen LogP contribution in [0, 0.1) is 0 Å². The van der Waals surface area contributed by atoms with E-state index < -0.39 is 39.5 Å². The van der Waals surface area contributed by atoms with Crippen LogP contribution in [0.15, 0.2) is 41.6 Å². The minimum atomic E-state index is -3.93. The van der Waals surface area contributed by atoms with Gasteiger partial charge in [0.2, 0.25) is 10.0 Å².